The predicted octanol–water partition coefficient (Wildman–Crippen LogP) is 2.45. The molecule has 0 saturated heterocycles. The lowest BCUT2D eigenvalue weighted by molar-refractivity contribution is -0.140. The number of carbonyl (C=O) groups is 4. The molecule has 2 atom stereocenters. The molecule has 2 aromatic carbocycles. The highest BCUT2D eigenvalue weighted by atomic mass is 16.4. The summed E-state index contributed by atoms with van der Waals surface area (Å²) >= 11 is 0. The molecule has 0 bridgehead atoms. The van der Waals surface area contributed by atoms with Crippen LogP contribution < -0.4 is 10.6 Å². The van der Waals surface area contributed by atoms with Crippen LogP contribution in [-0.2, 0) is 16.1 Å². The Balaban J connectivity index is 1.64. The molecule has 0 radical (unpaired) electrons. The van der Waals surface area contributed by atoms with Gasteiger partial charge in [0.05, 0.1) is 17.2 Å². The van der Waals surface area contributed by atoms with Crippen molar-refractivity contribution < 1.29 is 24.3 Å². The van der Waals surface area contributed by atoms with E-state index in [1.807, 2.05) is 44.2 Å². The molecule has 8 heteroatoms. The fourth-order valence-electron chi connectivity index (χ4n) is 3.85. The molecule has 0 aromatic heterocycles. The minimum atomic E-state index is -1.14. The van der Waals surface area contributed by atoms with Gasteiger partial charge in [-0.2, -0.15) is 0 Å². The SMILES string of the molecule is CC(C)C[C@@H](NC(CCN1C(=O)c2ccccc2C1=O)C(=O)O)C(=O)NCc1ccccc1. The van der Waals surface area contributed by atoms with E-state index in [4.69, 9.17) is 0 Å². The molecule has 174 valence electrons. The van der Waals surface area contributed by atoms with E-state index in [1.54, 1.807) is 24.3 Å². The zero-order valence-corrected chi connectivity index (χ0v) is 18.8. The number of carboxylic acid groups (broad SMARTS) is 1. The lowest BCUT2D eigenvalue weighted by Gasteiger charge is -2.25. The maximum atomic E-state index is 12.8. The highest BCUT2D eigenvalue weighted by Crippen LogP contribution is 2.22. The number of hydrogen-bond acceptors (Lipinski definition) is 5. The molecular weight excluding hydrogens is 422 g/mol. The third-order valence-corrected chi connectivity index (χ3v) is 5.55. The van der Waals surface area contributed by atoms with E-state index in [0.29, 0.717) is 24.1 Å². The number of hydrogen-bond donors (Lipinski definition) is 3. The predicted molar refractivity (Wildman–Crippen MR) is 123 cm³/mol. The Bertz CT molecular complexity index is 987. The van der Waals surface area contributed by atoms with Crippen LogP contribution in [0, 0.1) is 5.92 Å². The fourth-order valence-corrected chi connectivity index (χ4v) is 3.85. The summed E-state index contributed by atoms with van der Waals surface area (Å²) in [6.07, 6.45) is 0.429. The molecule has 3 rings (SSSR count). The summed E-state index contributed by atoms with van der Waals surface area (Å²) < 4.78 is 0. The first kappa shape index (κ1) is 24.1. The summed E-state index contributed by atoms with van der Waals surface area (Å²) in [6.45, 7) is 4.18. The number of nitrogens with zero attached hydrogens (tertiary/aromatic N) is 1. The molecule has 1 heterocycles. The van der Waals surface area contributed by atoms with E-state index in [2.05, 4.69) is 10.6 Å². The molecule has 8 nitrogen and oxygen atoms in total. The summed E-state index contributed by atoms with van der Waals surface area (Å²) in [5, 5.41) is 15.5. The van der Waals surface area contributed by atoms with Gasteiger partial charge < -0.3 is 10.4 Å². The highest BCUT2D eigenvalue weighted by molar-refractivity contribution is 6.21. The Morgan fingerprint density at radius 1 is 0.909 bits per heavy atom. The standard InChI is InChI=1S/C25H29N3O5/c1-16(2)14-21(22(29)26-15-17-8-4-3-5-9-17)27-20(25(32)33)12-13-28-23(30)18-10-6-7-11-19(18)24(28)31/h3-11,16,20-21,27H,12-15H2,1-2H3,(H,26,29)(H,32,33)/t20?,21-/m1/s1. The molecule has 0 aliphatic carbocycles. The number of amides is 3. The van der Waals surface area contributed by atoms with Crippen LogP contribution in [0.5, 0.6) is 0 Å². The van der Waals surface area contributed by atoms with E-state index < -0.39 is 29.9 Å². The molecule has 0 fully saturated rings. The largest absolute Gasteiger partial charge is 0.480 e. The molecule has 3 N–H and O–H groups in total. The summed E-state index contributed by atoms with van der Waals surface area (Å²) in [6, 6.07) is 14.1. The second kappa shape index (κ2) is 10.9. The first-order valence-electron chi connectivity index (χ1n) is 11.0. The minimum Gasteiger partial charge on any atom is -0.480 e. The minimum absolute atomic E-state index is 0.0125. The van der Waals surface area contributed by atoms with Crippen molar-refractivity contribution in [1.82, 2.24) is 15.5 Å². The molecule has 33 heavy (non-hydrogen) atoms. The van der Waals surface area contributed by atoms with Gasteiger partial charge in [0.2, 0.25) is 5.91 Å². The number of benzene rings is 2. The Labute approximate surface area is 193 Å². The van der Waals surface area contributed by atoms with Crippen molar-refractivity contribution in [1.29, 1.82) is 0 Å². The van der Waals surface area contributed by atoms with Gasteiger partial charge in [0.1, 0.15) is 6.04 Å². The van der Waals surface area contributed by atoms with Crippen LogP contribution in [0.1, 0.15) is 53.0 Å². The average Bonchev–Trinajstić information content (AvgIpc) is 3.04. The van der Waals surface area contributed by atoms with Crippen LogP contribution in [0.4, 0.5) is 0 Å². The van der Waals surface area contributed by atoms with Crippen LogP contribution in [-0.4, -0.2) is 52.3 Å². The molecule has 0 saturated carbocycles. The van der Waals surface area contributed by atoms with Gasteiger partial charge in [-0.1, -0.05) is 56.3 Å². The van der Waals surface area contributed by atoms with Crippen molar-refractivity contribution in [3.63, 3.8) is 0 Å². The van der Waals surface area contributed by atoms with Crippen LogP contribution >= 0.6 is 0 Å². The van der Waals surface area contributed by atoms with Crippen LogP contribution in [0.15, 0.2) is 54.6 Å². The molecule has 0 spiro atoms. The summed E-state index contributed by atoms with van der Waals surface area (Å²) in [5.41, 5.74) is 1.58. The zero-order chi connectivity index (χ0) is 24.0. The number of imide groups is 1. The van der Waals surface area contributed by atoms with Gasteiger partial charge in [0, 0.05) is 13.1 Å². The van der Waals surface area contributed by atoms with Crippen molar-refractivity contribution in [3.05, 3.63) is 71.3 Å². The fraction of sp³-hybridized carbons (Fsp3) is 0.360. The monoisotopic (exact) mass is 451 g/mol. The third-order valence-electron chi connectivity index (χ3n) is 5.55. The molecule has 2 aromatic rings. The summed E-state index contributed by atoms with van der Waals surface area (Å²) in [5.74, 6) is -2.15. The zero-order valence-electron chi connectivity index (χ0n) is 18.8. The number of carbonyl (C=O) groups excluding carboxylic acids is 3. The van der Waals surface area contributed by atoms with Crippen molar-refractivity contribution in [2.24, 2.45) is 5.92 Å². The molecule has 1 aliphatic rings. The number of carboxylic acids is 1. The highest BCUT2D eigenvalue weighted by Gasteiger charge is 2.36. The topological polar surface area (TPSA) is 116 Å². The molecule has 1 aliphatic heterocycles. The molecule has 3 amide bonds. The van der Waals surface area contributed by atoms with E-state index in [0.717, 1.165) is 10.5 Å². The Hall–Kier alpha value is -3.52. The van der Waals surface area contributed by atoms with Gasteiger partial charge in [-0.05, 0) is 36.5 Å². The summed E-state index contributed by atoms with van der Waals surface area (Å²) in [7, 11) is 0. The number of fused-ring (bicyclic) bond motifs is 1. The second-order valence-electron chi connectivity index (χ2n) is 8.54. The van der Waals surface area contributed by atoms with E-state index in [-0.39, 0.29) is 24.8 Å². The van der Waals surface area contributed by atoms with Crippen molar-refractivity contribution in [2.75, 3.05) is 6.54 Å². The first-order chi connectivity index (χ1) is 15.8. The number of nitrogens with one attached hydrogen (secondary N) is 2. The quantitative estimate of drug-likeness (QED) is 0.452. The van der Waals surface area contributed by atoms with Crippen LogP contribution in [0.2, 0.25) is 0 Å². The number of rotatable bonds is 11. The summed E-state index contributed by atoms with van der Waals surface area (Å²) in [4.78, 5) is 50.9. The smallest absolute Gasteiger partial charge is 0.320 e. The van der Waals surface area contributed by atoms with Crippen LogP contribution in [0.3, 0.4) is 0 Å². The second-order valence-corrected chi connectivity index (χ2v) is 8.54. The van der Waals surface area contributed by atoms with Gasteiger partial charge in [-0.25, -0.2) is 0 Å². The first-order valence-corrected chi connectivity index (χ1v) is 11.0. The molecule has 1 unspecified atom stereocenters. The van der Waals surface area contributed by atoms with Gasteiger partial charge >= 0.3 is 5.97 Å². The maximum Gasteiger partial charge on any atom is 0.320 e. The van der Waals surface area contributed by atoms with Gasteiger partial charge in [-0.15, -0.1) is 0 Å². The Morgan fingerprint density at radius 2 is 1.48 bits per heavy atom. The third kappa shape index (κ3) is 6.04. The van der Waals surface area contributed by atoms with E-state index in [9.17, 15) is 24.3 Å². The number of aliphatic carboxylic acids is 1. The van der Waals surface area contributed by atoms with E-state index in [1.165, 1.54) is 0 Å². The molecular formula is C25H29N3O5. The maximum absolute atomic E-state index is 12.8. The Morgan fingerprint density at radius 3 is 2.03 bits per heavy atom. The average molecular weight is 452 g/mol. The van der Waals surface area contributed by atoms with E-state index >= 15 is 0 Å². The van der Waals surface area contributed by atoms with Gasteiger partial charge in [0.25, 0.3) is 11.8 Å². The lowest BCUT2D eigenvalue weighted by Crippen LogP contribution is -2.52. The van der Waals surface area contributed by atoms with Crippen molar-refractivity contribution in [3.8, 4) is 0 Å². The van der Waals surface area contributed by atoms with Gasteiger partial charge in [-0.3, -0.25) is 29.4 Å². The van der Waals surface area contributed by atoms with Crippen LogP contribution in [0.25, 0.3) is 0 Å². The Kier molecular flexibility index (Phi) is 7.95. The van der Waals surface area contributed by atoms with Gasteiger partial charge in [0.15, 0.2) is 0 Å². The van der Waals surface area contributed by atoms with Crippen molar-refractivity contribution in [2.45, 2.75) is 45.3 Å². The normalized spacial score (nSPS) is 14.8. The lowest BCUT2D eigenvalue weighted by atomic mass is 10.0. The van der Waals surface area contributed by atoms with Crippen molar-refractivity contribution >= 4 is 23.7 Å².